The van der Waals surface area contributed by atoms with Gasteiger partial charge in [0.25, 0.3) is 11.8 Å². The van der Waals surface area contributed by atoms with Crippen molar-refractivity contribution < 1.29 is 23.9 Å². The van der Waals surface area contributed by atoms with Crippen LogP contribution in [0.15, 0.2) is 47.3 Å². The Morgan fingerprint density at radius 2 is 1.69 bits per heavy atom. The lowest BCUT2D eigenvalue weighted by atomic mass is 10.1. The van der Waals surface area contributed by atoms with Crippen LogP contribution in [0.2, 0.25) is 0 Å². The number of hydrogen-bond acceptors (Lipinski definition) is 7. The fourth-order valence-corrected chi connectivity index (χ4v) is 4.41. The summed E-state index contributed by atoms with van der Waals surface area (Å²) in [6, 6.07) is 10.5. The topological polar surface area (TPSA) is 89.0 Å². The van der Waals surface area contributed by atoms with E-state index in [0.29, 0.717) is 35.0 Å². The molecule has 3 heterocycles. The lowest BCUT2D eigenvalue weighted by molar-refractivity contribution is -0.121. The zero-order valence-corrected chi connectivity index (χ0v) is 18.1. The fourth-order valence-electron chi connectivity index (χ4n) is 3.85. The van der Waals surface area contributed by atoms with E-state index >= 15 is 0 Å². The minimum absolute atomic E-state index is 0.0193. The monoisotopic (exact) mass is 449 g/mol. The molecule has 0 N–H and O–H groups in total. The van der Waals surface area contributed by atoms with Crippen LogP contribution < -0.4 is 19.3 Å². The Morgan fingerprint density at radius 1 is 1.00 bits per heavy atom. The van der Waals surface area contributed by atoms with E-state index < -0.39 is 0 Å². The number of nitrogens with zero attached hydrogens (tertiary/aromatic N) is 3. The van der Waals surface area contributed by atoms with Gasteiger partial charge in [0.2, 0.25) is 0 Å². The number of fused-ring (bicyclic) bond motifs is 2. The molecule has 0 saturated carbocycles. The maximum atomic E-state index is 13.2. The number of thiazole rings is 1. The fraction of sp³-hybridized carbons (Fsp3) is 0.217. The second-order valence-corrected chi connectivity index (χ2v) is 8.08. The highest BCUT2D eigenvalue weighted by molar-refractivity contribution is 7.07. The van der Waals surface area contributed by atoms with Crippen molar-refractivity contribution >= 4 is 40.3 Å². The maximum absolute atomic E-state index is 13.2. The first-order valence-electron chi connectivity index (χ1n) is 10.1. The lowest BCUT2D eigenvalue weighted by Crippen LogP contribution is -2.42. The van der Waals surface area contributed by atoms with Crippen molar-refractivity contribution in [2.45, 2.75) is 6.92 Å². The molecule has 5 rings (SSSR count). The summed E-state index contributed by atoms with van der Waals surface area (Å²) in [4.78, 5) is 45.3. The molecule has 9 heteroatoms. The van der Waals surface area contributed by atoms with Gasteiger partial charge in [-0.1, -0.05) is 0 Å². The Bertz CT molecular complexity index is 1220. The Hall–Kier alpha value is -3.72. The predicted molar refractivity (Wildman–Crippen MR) is 120 cm³/mol. The van der Waals surface area contributed by atoms with Crippen LogP contribution in [0.5, 0.6) is 11.5 Å². The van der Waals surface area contributed by atoms with Crippen LogP contribution in [0.25, 0.3) is 11.3 Å². The molecule has 162 valence electrons. The van der Waals surface area contributed by atoms with Gasteiger partial charge in [0.05, 0.1) is 29.1 Å². The van der Waals surface area contributed by atoms with E-state index in [1.54, 1.807) is 34.7 Å². The number of amides is 2. The highest BCUT2D eigenvalue weighted by Gasteiger charge is 2.30. The highest BCUT2D eigenvalue weighted by atomic mass is 32.1. The van der Waals surface area contributed by atoms with Crippen LogP contribution in [-0.4, -0.2) is 48.9 Å². The number of hydrogen-bond donors (Lipinski definition) is 0. The van der Waals surface area contributed by atoms with E-state index in [4.69, 9.17) is 9.47 Å². The Labute approximate surface area is 188 Å². The third-order valence-electron chi connectivity index (χ3n) is 5.47. The summed E-state index contributed by atoms with van der Waals surface area (Å²) in [6.45, 7) is 2.04. The summed E-state index contributed by atoms with van der Waals surface area (Å²) in [5.41, 5.74) is 4.87. The molecular formula is C23H19N3O5S. The molecule has 0 fully saturated rings. The molecular weight excluding hydrogens is 430 g/mol. The number of carbonyl (C=O) groups excluding carboxylic acids is 3. The first kappa shape index (κ1) is 20.2. The van der Waals surface area contributed by atoms with E-state index in [-0.39, 0.29) is 37.4 Å². The predicted octanol–water partition coefficient (Wildman–Crippen LogP) is 3.16. The van der Waals surface area contributed by atoms with Crippen LogP contribution in [0.4, 0.5) is 11.4 Å². The molecule has 0 spiro atoms. The second-order valence-electron chi connectivity index (χ2n) is 7.36. The molecule has 3 aromatic rings. The Morgan fingerprint density at radius 3 is 2.38 bits per heavy atom. The van der Waals surface area contributed by atoms with E-state index in [1.165, 1.54) is 16.2 Å². The van der Waals surface area contributed by atoms with Gasteiger partial charge in [-0.3, -0.25) is 19.3 Å². The number of benzene rings is 2. The van der Waals surface area contributed by atoms with Gasteiger partial charge in [-0.2, -0.15) is 0 Å². The summed E-state index contributed by atoms with van der Waals surface area (Å²) >= 11 is 1.48. The number of carbonyl (C=O) groups is 3. The number of likely N-dealkylation sites (N-methyl/N-ethyl adjacent to an activating group) is 1. The average Bonchev–Trinajstić information content (AvgIpc) is 3.35. The number of ether oxygens (including phenoxy) is 2. The van der Waals surface area contributed by atoms with Gasteiger partial charge >= 0.3 is 0 Å². The number of ketones is 1. The van der Waals surface area contributed by atoms with Gasteiger partial charge in [-0.05, 0) is 43.3 Å². The van der Waals surface area contributed by atoms with Crippen molar-refractivity contribution in [3.63, 3.8) is 0 Å². The van der Waals surface area contributed by atoms with E-state index in [9.17, 15) is 14.4 Å². The Balaban J connectivity index is 1.45. The molecule has 8 nitrogen and oxygen atoms in total. The number of Topliss-reactive ketones (excluding diaryl/α,β-unsaturated/α-hetero) is 1. The third kappa shape index (κ3) is 3.50. The van der Waals surface area contributed by atoms with Gasteiger partial charge in [-0.15, -0.1) is 11.3 Å². The quantitative estimate of drug-likeness (QED) is 0.556. The molecule has 2 aromatic carbocycles. The molecule has 0 atom stereocenters. The van der Waals surface area contributed by atoms with Gasteiger partial charge < -0.3 is 14.4 Å². The largest absolute Gasteiger partial charge is 0.482 e. The summed E-state index contributed by atoms with van der Waals surface area (Å²) < 4.78 is 11.0. The van der Waals surface area contributed by atoms with Crippen molar-refractivity contribution in [2.75, 3.05) is 36.1 Å². The van der Waals surface area contributed by atoms with Crippen LogP contribution in [0.3, 0.4) is 0 Å². The third-order valence-corrected chi connectivity index (χ3v) is 6.06. The molecule has 0 unspecified atom stereocenters. The summed E-state index contributed by atoms with van der Waals surface area (Å²) in [7, 11) is 0. The van der Waals surface area contributed by atoms with Crippen molar-refractivity contribution in [3.05, 3.63) is 52.9 Å². The first-order valence-corrected chi connectivity index (χ1v) is 11.1. The smallest absolute Gasteiger partial charge is 0.265 e. The summed E-state index contributed by atoms with van der Waals surface area (Å²) in [5.74, 6) is 0.396. The van der Waals surface area contributed by atoms with Crippen LogP contribution >= 0.6 is 11.3 Å². The lowest BCUT2D eigenvalue weighted by Gasteiger charge is -2.30. The maximum Gasteiger partial charge on any atom is 0.265 e. The zero-order chi connectivity index (χ0) is 22.2. The highest BCUT2D eigenvalue weighted by Crippen LogP contribution is 2.37. The minimum atomic E-state index is -0.298. The molecule has 0 bridgehead atoms. The van der Waals surface area contributed by atoms with Crippen LogP contribution in [0, 0.1) is 0 Å². The van der Waals surface area contributed by atoms with Crippen molar-refractivity contribution in [2.24, 2.45) is 0 Å². The molecule has 0 radical (unpaired) electrons. The van der Waals surface area contributed by atoms with Crippen LogP contribution in [0.1, 0.15) is 17.3 Å². The zero-order valence-electron chi connectivity index (χ0n) is 17.2. The average molecular weight is 449 g/mol. The van der Waals surface area contributed by atoms with E-state index in [2.05, 4.69) is 4.98 Å². The van der Waals surface area contributed by atoms with Crippen molar-refractivity contribution in [1.29, 1.82) is 0 Å². The molecule has 0 aliphatic carbocycles. The van der Waals surface area contributed by atoms with Crippen molar-refractivity contribution in [3.8, 4) is 22.8 Å². The second kappa shape index (κ2) is 8.08. The number of anilines is 2. The molecule has 32 heavy (non-hydrogen) atoms. The van der Waals surface area contributed by atoms with Crippen molar-refractivity contribution in [1.82, 2.24) is 4.98 Å². The number of aromatic nitrogens is 1. The van der Waals surface area contributed by atoms with E-state index in [0.717, 1.165) is 11.3 Å². The normalized spacial score (nSPS) is 15.0. The molecule has 0 saturated heterocycles. The van der Waals surface area contributed by atoms with Gasteiger partial charge in [0, 0.05) is 23.1 Å². The summed E-state index contributed by atoms with van der Waals surface area (Å²) in [6.07, 6.45) is 0. The SMILES string of the molecule is CCN1C(=O)COc2ccc(C(=O)CN3C(=O)COc4ccc(-c5cscn5)cc43)cc21. The molecule has 2 aliphatic rings. The molecule has 2 amide bonds. The van der Waals surface area contributed by atoms with Gasteiger partial charge in [0.15, 0.2) is 19.0 Å². The Kier molecular flexibility index (Phi) is 5.10. The van der Waals surface area contributed by atoms with Gasteiger partial charge in [0.1, 0.15) is 11.5 Å². The summed E-state index contributed by atoms with van der Waals surface area (Å²) in [5, 5.41) is 1.92. The number of rotatable bonds is 5. The van der Waals surface area contributed by atoms with E-state index in [1.807, 2.05) is 24.4 Å². The standard InChI is InChI=1S/C23H19N3O5S/c1-2-25-17-8-15(4-6-20(17)30-10-22(25)28)19(27)9-26-18-7-14(16-12-32-13-24-16)3-5-21(18)31-11-23(26)29/h3-8,12-13H,2,9-11H2,1H3. The molecule has 2 aliphatic heterocycles. The van der Waals surface area contributed by atoms with Gasteiger partial charge in [-0.25, -0.2) is 4.98 Å². The first-order chi connectivity index (χ1) is 15.5. The molecule has 1 aromatic heterocycles. The minimum Gasteiger partial charge on any atom is -0.482 e. The van der Waals surface area contributed by atoms with Crippen LogP contribution in [-0.2, 0) is 9.59 Å².